The molecule has 0 unspecified atom stereocenters. The molecule has 0 atom stereocenters. The van der Waals surface area contributed by atoms with Crippen LogP contribution in [0.15, 0.2) is 29.4 Å². The maximum Gasteiger partial charge on any atom is 0.214 e. The van der Waals surface area contributed by atoms with E-state index in [0.717, 1.165) is 11.4 Å². The zero-order valence-electron chi connectivity index (χ0n) is 10.5. The van der Waals surface area contributed by atoms with E-state index in [-0.39, 0.29) is 0 Å². The van der Waals surface area contributed by atoms with E-state index in [0.29, 0.717) is 23.9 Å². The fourth-order valence-corrected chi connectivity index (χ4v) is 2.25. The van der Waals surface area contributed by atoms with Gasteiger partial charge in [0.2, 0.25) is 5.16 Å². The van der Waals surface area contributed by atoms with Gasteiger partial charge in [-0.15, -0.1) is 5.10 Å². The summed E-state index contributed by atoms with van der Waals surface area (Å²) < 4.78 is 7.20. The molecule has 7 heteroatoms. The highest BCUT2D eigenvalue weighted by Gasteiger charge is 2.12. The van der Waals surface area contributed by atoms with Crippen LogP contribution in [0.5, 0.6) is 5.75 Å². The summed E-state index contributed by atoms with van der Waals surface area (Å²) in [5.41, 5.74) is 0.800. The Labute approximate surface area is 115 Å². The number of ether oxygens (including phenoxy) is 1. The summed E-state index contributed by atoms with van der Waals surface area (Å²) in [7, 11) is 0. The van der Waals surface area contributed by atoms with Crippen molar-refractivity contribution in [2.24, 2.45) is 0 Å². The molecule has 0 bridgehead atoms. The standard InChI is InChI=1S/C12H13N5OS/c1-2-18-11-7-4-3-6-10(11)17-12(14-15-16-17)19-9-5-8-13/h3-4,6-7H,2,5,9H2,1H3. The van der Waals surface area contributed by atoms with Gasteiger partial charge in [-0.1, -0.05) is 23.9 Å². The third-order valence-corrected chi connectivity index (χ3v) is 3.20. The minimum absolute atomic E-state index is 0.463. The predicted octanol–water partition coefficient (Wildman–Crippen LogP) is 2.07. The second-order valence-electron chi connectivity index (χ2n) is 3.53. The average Bonchev–Trinajstić information content (AvgIpc) is 2.88. The molecular weight excluding hydrogens is 262 g/mol. The van der Waals surface area contributed by atoms with Gasteiger partial charge in [0.05, 0.1) is 12.7 Å². The molecule has 1 aromatic heterocycles. The molecule has 19 heavy (non-hydrogen) atoms. The lowest BCUT2D eigenvalue weighted by molar-refractivity contribution is 0.337. The van der Waals surface area contributed by atoms with E-state index in [1.165, 1.54) is 11.8 Å². The number of nitriles is 1. The minimum atomic E-state index is 0.463. The van der Waals surface area contributed by atoms with Gasteiger partial charge in [0.15, 0.2) is 0 Å². The lowest BCUT2D eigenvalue weighted by atomic mass is 10.3. The highest BCUT2D eigenvalue weighted by Crippen LogP contribution is 2.25. The van der Waals surface area contributed by atoms with Crippen molar-refractivity contribution < 1.29 is 4.74 Å². The number of thioether (sulfide) groups is 1. The second-order valence-corrected chi connectivity index (χ2v) is 4.59. The van der Waals surface area contributed by atoms with E-state index in [1.807, 2.05) is 31.2 Å². The molecule has 0 aliphatic rings. The highest BCUT2D eigenvalue weighted by molar-refractivity contribution is 7.99. The Hall–Kier alpha value is -2.07. The van der Waals surface area contributed by atoms with Crippen LogP contribution in [0, 0.1) is 11.3 Å². The van der Waals surface area contributed by atoms with Crippen LogP contribution in [-0.4, -0.2) is 32.6 Å². The van der Waals surface area contributed by atoms with Crippen LogP contribution in [0.25, 0.3) is 5.69 Å². The van der Waals surface area contributed by atoms with Gasteiger partial charge in [-0.25, -0.2) is 0 Å². The van der Waals surface area contributed by atoms with Crippen LogP contribution in [0.4, 0.5) is 0 Å². The number of para-hydroxylation sites is 2. The van der Waals surface area contributed by atoms with E-state index in [9.17, 15) is 0 Å². The summed E-state index contributed by atoms with van der Waals surface area (Å²) in [5, 5.41) is 20.8. The Kier molecular flexibility index (Phi) is 4.75. The smallest absolute Gasteiger partial charge is 0.214 e. The molecule has 2 rings (SSSR count). The minimum Gasteiger partial charge on any atom is -0.492 e. The third-order valence-electron chi connectivity index (χ3n) is 2.28. The largest absolute Gasteiger partial charge is 0.492 e. The van der Waals surface area contributed by atoms with Gasteiger partial charge in [-0.05, 0) is 29.5 Å². The molecule has 0 saturated heterocycles. The first-order valence-electron chi connectivity index (χ1n) is 5.87. The monoisotopic (exact) mass is 275 g/mol. The molecule has 1 heterocycles. The SMILES string of the molecule is CCOc1ccccc1-n1nnnc1SCCC#N. The van der Waals surface area contributed by atoms with Crippen molar-refractivity contribution >= 4 is 11.8 Å². The first-order chi connectivity index (χ1) is 9.36. The van der Waals surface area contributed by atoms with Crippen LogP contribution in [0.2, 0.25) is 0 Å². The lowest BCUT2D eigenvalue weighted by Gasteiger charge is -2.10. The summed E-state index contributed by atoms with van der Waals surface area (Å²) in [5.74, 6) is 1.40. The Morgan fingerprint density at radius 2 is 2.26 bits per heavy atom. The average molecular weight is 275 g/mol. The summed E-state index contributed by atoms with van der Waals surface area (Å²) in [6.07, 6.45) is 0.463. The number of benzene rings is 1. The fraction of sp³-hybridized carbons (Fsp3) is 0.333. The van der Waals surface area contributed by atoms with Crippen LogP contribution in [0.3, 0.4) is 0 Å². The molecule has 0 fully saturated rings. The summed E-state index contributed by atoms with van der Waals surface area (Å²) in [6, 6.07) is 9.69. The van der Waals surface area contributed by atoms with Crippen LogP contribution < -0.4 is 4.74 Å². The quantitative estimate of drug-likeness (QED) is 0.593. The van der Waals surface area contributed by atoms with E-state index >= 15 is 0 Å². The van der Waals surface area contributed by atoms with Crippen molar-refractivity contribution in [1.82, 2.24) is 20.2 Å². The Bertz CT molecular complexity index is 577. The van der Waals surface area contributed by atoms with E-state index in [4.69, 9.17) is 10.00 Å². The van der Waals surface area contributed by atoms with Crippen molar-refractivity contribution in [3.05, 3.63) is 24.3 Å². The van der Waals surface area contributed by atoms with Crippen molar-refractivity contribution in [1.29, 1.82) is 5.26 Å². The highest BCUT2D eigenvalue weighted by atomic mass is 32.2. The van der Waals surface area contributed by atoms with Crippen LogP contribution in [-0.2, 0) is 0 Å². The molecule has 0 amide bonds. The van der Waals surface area contributed by atoms with Crippen LogP contribution >= 0.6 is 11.8 Å². The first kappa shape index (κ1) is 13.4. The van der Waals surface area contributed by atoms with Gasteiger partial charge in [-0.2, -0.15) is 9.94 Å². The predicted molar refractivity (Wildman–Crippen MR) is 71.3 cm³/mol. The number of hydrogen-bond donors (Lipinski definition) is 0. The zero-order chi connectivity index (χ0) is 13.5. The topological polar surface area (TPSA) is 76.6 Å². The molecule has 0 aliphatic carbocycles. The summed E-state index contributed by atoms with van der Waals surface area (Å²) in [6.45, 7) is 2.51. The maximum absolute atomic E-state index is 8.55. The summed E-state index contributed by atoms with van der Waals surface area (Å²) >= 11 is 1.45. The molecule has 2 aromatic rings. The Balaban J connectivity index is 2.27. The van der Waals surface area contributed by atoms with E-state index in [2.05, 4.69) is 21.6 Å². The van der Waals surface area contributed by atoms with Gasteiger partial charge in [0, 0.05) is 12.2 Å². The first-order valence-corrected chi connectivity index (χ1v) is 6.85. The number of tetrazole rings is 1. The van der Waals surface area contributed by atoms with E-state index in [1.54, 1.807) is 4.68 Å². The Morgan fingerprint density at radius 1 is 1.42 bits per heavy atom. The van der Waals surface area contributed by atoms with Crippen molar-refractivity contribution in [3.63, 3.8) is 0 Å². The molecule has 0 radical (unpaired) electrons. The summed E-state index contributed by atoms with van der Waals surface area (Å²) in [4.78, 5) is 0. The van der Waals surface area contributed by atoms with Gasteiger partial charge < -0.3 is 4.74 Å². The van der Waals surface area contributed by atoms with Gasteiger partial charge >= 0.3 is 0 Å². The van der Waals surface area contributed by atoms with Crippen molar-refractivity contribution in [3.8, 4) is 17.5 Å². The van der Waals surface area contributed by atoms with Gasteiger partial charge in [-0.3, -0.25) is 0 Å². The molecular formula is C12H13N5OS. The normalized spacial score (nSPS) is 10.1. The molecule has 98 valence electrons. The number of nitrogens with zero attached hydrogens (tertiary/aromatic N) is 5. The van der Waals surface area contributed by atoms with Crippen molar-refractivity contribution in [2.75, 3.05) is 12.4 Å². The maximum atomic E-state index is 8.55. The Morgan fingerprint density at radius 3 is 3.05 bits per heavy atom. The molecule has 0 aliphatic heterocycles. The molecule has 6 nitrogen and oxygen atoms in total. The molecule has 1 aromatic carbocycles. The van der Waals surface area contributed by atoms with Crippen molar-refractivity contribution in [2.45, 2.75) is 18.5 Å². The third kappa shape index (κ3) is 3.23. The van der Waals surface area contributed by atoms with Crippen LogP contribution in [0.1, 0.15) is 13.3 Å². The van der Waals surface area contributed by atoms with Gasteiger partial charge in [0.1, 0.15) is 11.4 Å². The second kappa shape index (κ2) is 6.75. The number of rotatable bonds is 6. The fourth-order valence-electron chi connectivity index (χ4n) is 1.52. The lowest BCUT2D eigenvalue weighted by Crippen LogP contribution is -2.03. The van der Waals surface area contributed by atoms with Gasteiger partial charge in [0.25, 0.3) is 0 Å². The number of aromatic nitrogens is 4. The molecule has 0 N–H and O–H groups in total. The number of hydrogen-bond acceptors (Lipinski definition) is 6. The van der Waals surface area contributed by atoms with E-state index < -0.39 is 0 Å². The molecule has 0 spiro atoms. The zero-order valence-corrected chi connectivity index (χ0v) is 11.3. The molecule has 0 saturated carbocycles.